The molecule has 104 valence electrons. The van der Waals surface area contributed by atoms with Crippen LogP contribution in [-0.2, 0) is 10.8 Å². The molecule has 0 aliphatic carbocycles. The van der Waals surface area contributed by atoms with Gasteiger partial charge in [-0.05, 0) is 33.1 Å². The molecule has 19 heavy (non-hydrogen) atoms. The molecule has 0 unspecified atom stereocenters. The Morgan fingerprint density at radius 2 is 1.37 bits per heavy atom. The summed E-state index contributed by atoms with van der Waals surface area (Å²) in [5.41, 5.74) is 12.0. The van der Waals surface area contributed by atoms with E-state index in [0.717, 1.165) is 6.54 Å². The van der Waals surface area contributed by atoms with Crippen molar-refractivity contribution in [3.05, 3.63) is 41.1 Å². The standard InChI is InChI=1S/C17H26N2/c1-16(2,3)14-7-12(13-10-18-19-11-13)8-15(9-14)17(4,5)6/h7-10,18-19H,11H2,1-6H3. The Bertz CT molecular complexity index is 467. The van der Waals surface area contributed by atoms with Crippen molar-refractivity contribution < 1.29 is 0 Å². The fraction of sp³-hybridized carbons (Fsp3) is 0.529. The van der Waals surface area contributed by atoms with Crippen LogP contribution < -0.4 is 10.9 Å². The second-order valence-corrected chi connectivity index (χ2v) is 7.47. The van der Waals surface area contributed by atoms with Gasteiger partial charge in [0, 0.05) is 12.7 Å². The third kappa shape index (κ3) is 3.19. The van der Waals surface area contributed by atoms with Crippen LogP contribution in [-0.4, -0.2) is 6.54 Å². The van der Waals surface area contributed by atoms with Crippen LogP contribution in [0.4, 0.5) is 0 Å². The molecule has 1 aliphatic rings. The van der Waals surface area contributed by atoms with Crippen molar-refractivity contribution in [3.63, 3.8) is 0 Å². The van der Waals surface area contributed by atoms with Crippen LogP contribution >= 0.6 is 0 Å². The fourth-order valence-electron chi connectivity index (χ4n) is 2.20. The fourth-order valence-corrected chi connectivity index (χ4v) is 2.20. The van der Waals surface area contributed by atoms with Crippen LogP contribution in [0.3, 0.4) is 0 Å². The summed E-state index contributed by atoms with van der Waals surface area (Å²) < 4.78 is 0. The van der Waals surface area contributed by atoms with E-state index >= 15 is 0 Å². The van der Waals surface area contributed by atoms with E-state index in [1.807, 2.05) is 0 Å². The molecule has 0 fully saturated rings. The zero-order chi connectivity index (χ0) is 14.3. The number of benzene rings is 1. The Balaban J connectivity index is 2.55. The minimum Gasteiger partial charge on any atom is -0.328 e. The highest BCUT2D eigenvalue weighted by molar-refractivity contribution is 5.69. The van der Waals surface area contributed by atoms with Gasteiger partial charge in [0.05, 0.1) is 0 Å². The molecule has 0 aromatic heterocycles. The van der Waals surface area contributed by atoms with Gasteiger partial charge in [0.15, 0.2) is 0 Å². The van der Waals surface area contributed by atoms with E-state index in [4.69, 9.17) is 0 Å². The number of hydrazine groups is 1. The maximum Gasteiger partial charge on any atom is 0.0419 e. The van der Waals surface area contributed by atoms with Gasteiger partial charge in [0.25, 0.3) is 0 Å². The zero-order valence-electron chi connectivity index (χ0n) is 13.0. The minimum atomic E-state index is 0.177. The third-order valence-electron chi connectivity index (χ3n) is 3.66. The van der Waals surface area contributed by atoms with E-state index in [9.17, 15) is 0 Å². The van der Waals surface area contributed by atoms with E-state index in [1.165, 1.54) is 22.3 Å². The molecule has 1 heterocycles. The summed E-state index contributed by atoms with van der Waals surface area (Å²) in [6, 6.07) is 7.02. The molecule has 0 spiro atoms. The summed E-state index contributed by atoms with van der Waals surface area (Å²) in [6.07, 6.45) is 2.06. The van der Waals surface area contributed by atoms with Gasteiger partial charge in [-0.2, -0.15) is 0 Å². The van der Waals surface area contributed by atoms with Gasteiger partial charge in [0.1, 0.15) is 0 Å². The van der Waals surface area contributed by atoms with E-state index in [1.54, 1.807) is 0 Å². The molecule has 2 heteroatoms. The summed E-state index contributed by atoms with van der Waals surface area (Å²) in [5.74, 6) is 0. The van der Waals surface area contributed by atoms with Crippen LogP contribution in [0.25, 0.3) is 5.57 Å². The molecular formula is C17H26N2. The summed E-state index contributed by atoms with van der Waals surface area (Å²) in [4.78, 5) is 0. The quantitative estimate of drug-likeness (QED) is 0.802. The van der Waals surface area contributed by atoms with Crippen LogP contribution in [0.2, 0.25) is 0 Å². The Labute approximate surface area is 117 Å². The molecule has 2 N–H and O–H groups in total. The van der Waals surface area contributed by atoms with Crippen molar-refractivity contribution in [3.8, 4) is 0 Å². The van der Waals surface area contributed by atoms with Crippen molar-refractivity contribution in [1.82, 2.24) is 10.9 Å². The molecule has 1 aliphatic heterocycles. The van der Waals surface area contributed by atoms with E-state index in [-0.39, 0.29) is 10.8 Å². The van der Waals surface area contributed by atoms with E-state index in [2.05, 4.69) is 76.8 Å². The summed E-state index contributed by atoms with van der Waals surface area (Å²) in [7, 11) is 0. The molecule has 2 nitrogen and oxygen atoms in total. The Hall–Kier alpha value is -1.28. The highest BCUT2D eigenvalue weighted by Gasteiger charge is 2.21. The third-order valence-corrected chi connectivity index (χ3v) is 3.66. The van der Waals surface area contributed by atoms with Crippen molar-refractivity contribution in [1.29, 1.82) is 0 Å². The van der Waals surface area contributed by atoms with Gasteiger partial charge < -0.3 is 5.43 Å². The first kappa shape index (κ1) is 14.1. The van der Waals surface area contributed by atoms with Gasteiger partial charge in [-0.25, -0.2) is 5.43 Å². The smallest absolute Gasteiger partial charge is 0.0419 e. The minimum absolute atomic E-state index is 0.177. The number of hydrogen-bond acceptors (Lipinski definition) is 2. The van der Waals surface area contributed by atoms with Crippen molar-refractivity contribution in [2.24, 2.45) is 0 Å². The number of hydrogen-bond donors (Lipinski definition) is 2. The van der Waals surface area contributed by atoms with Crippen LogP contribution in [0, 0.1) is 0 Å². The van der Waals surface area contributed by atoms with Gasteiger partial charge >= 0.3 is 0 Å². The molecule has 0 atom stereocenters. The molecule has 0 saturated heterocycles. The van der Waals surface area contributed by atoms with Gasteiger partial charge in [-0.15, -0.1) is 0 Å². The first-order chi connectivity index (χ1) is 8.68. The summed E-state index contributed by atoms with van der Waals surface area (Å²) >= 11 is 0. The molecule has 0 radical (unpaired) electrons. The van der Waals surface area contributed by atoms with E-state index < -0.39 is 0 Å². The predicted octanol–water partition coefficient (Wildman–Crippen LogP) is 3.73. The van der Waals surface area contributed by atoms with Crippen molar-refractivity contribution in [2.75, 3.05) is 6.54 Å². The lowest BCUT2D eigenvalue weighted by molar-refractivity contribution is 0.568. The number of rotatable bonds is 1. The van der Waals surface area contributed by atoms with E-state index in [0.29, 0.717) is 0 Å². The molecule has 0 bridgehead atoms. The van der Waals surface area contributed by atoms with Crippen LogP contribution in [0.1, 0.15) is 58.2 Å². The second kappa shape index (κ2) is 4.68. The number of nitrogens with one attached hydrogen (secondary N) is 2. The van der Waals surface area contributed by atoms with Gasteiger partial charge in [-0.3, -0.25) is 0 Å². The molecule has 1 aromatic rings. The van der Waals surface area contributed by atoms with Gasteiger partial charge in [0.2, 0.25) is 0 Å². The molecule has 1 aromatic carbocycles. The van der Waals surface area contributed by atoms with Crippen molar-refractivity contribution in [2.45, 2.75) is 52.4 Å². The lowest BCUT2D eigenvalue weighted by Crippen LogP contribution is -2.20. The Morgan fingerprint density at radius 3 is 1.74 bits per heavy atom. The highest BCUT2D eigenvalue weighted by atomic mass is 15.4. The average molecular weight is 258 g/mol. The SMILES string of the molecule is CC(C)(C)c1cc(C2=CNNC2)cc(C(C)(C)C)c1. The van der Waals surface area contributed by atoms with Gasteiger partial charge in [-0.1, -0.05) is 59.7 Å². The largest absolute Gasteiger partial charge is 0.328 e. The highest BCUT2D eigenvalue weighted by Crippen LogP contribution is 2.32. The zero-order valence-corrected chi connectivity index (χ0v) is 13.0. The topological polar surface area (TPSA) is 24.1 Å². The Kier molecular flexibility index (Phi) is 3.48. The lowest BCUT2D eigenvalue weighted by atomic mass is 9.79. The average Bonchev–Trinajstić information content (AvgIpc) is 2.79. The summed E-state index contributed by atoms with van der Waals surface area (Å²) in [5, 5.41) is 0. The maximum atomic E-state index is 3.14. The molecule has 0 amide bonds. The first-order valence-corrected chi connectivity index (χ1v) is 7.02. The molecular weight excluding hydrogens is 232 g/mol. The first-order valence-electron chi connectivity index (χ1n) is 7.02. The monoisotopic (exact) mass is 258 g/mol. The second-order valence-electron chi connectivity index (χ2n) is 7.47. The lowest BCUT2D eigenvalue weighted by Gasteiger charge is -2.26. The molecule has 0 saturated carbocycles. The van der Waals surface area contributed by atoms with Crippen molar-refractivity contribution >= 4 is 5.57 Å². The summed E-state index contributed by atoms with van der Waals surface area (Å²) in [6.45, 7) is 14.5. The predicted molar refractivity (Wildman–Crippen MR) is 83.0 cm³/mol. The Morgan fingerprint density at radius 1 is 0.842 bits per heavy atom. The maximum absolute atomic E-state index is 3.14. The molecule has 2 rings (SSSR count). The van der Waals surface area contributed by atoms with Crippen LogP contribution in [0.15, 0.2) is 24.4 Å². The normalized spacial score (nSPS) is 16.2. The van der Waals surface area contributed by atoms with Crippen LogP contribution in [0.5, 0.6) is 0 Å².